The number of aliphatic carboxylic acids is 1. The summed E-state index contributed by atoms with van der Waals surface area (Å²) in [6.45, 7) is 2.85. The van der Waals surface area contributed by atoms with E-state index in [1.807, 2.05) is 0 Å². The fraction of sp³-hybridized carbons (Fsp3) is 0.556. The van der Waals surface area contributed by atoms with Gasteiger partial charge in [0.2, 0.25) is 5.91 Å². The number of carbonyl (C=O) groups is 2. The molecule has 0 bridgehead atoms. The van der Waals surface area contributed by atoms with Crippen molar-refractivity contribution in [2.45, 2.75) is 25.8 Å². The van der Waals surface area contributed by atoms with Crippen molar-refractivity contribution in [1.29, 1.82) is 0 Å². The summed E-state index contributed by atoms with van der Waals surface area (Å²) in [6, 6.07) is 0. The number of thiol groups is 1. The molecule has 0 aliphatic heterocycles. The van der Waals surface area contributed by atoms with Gasteiger partial charge in [0.15, 0.2) is 0 Å². The number of carboxylic acids is 1. The molecule has 86 valence electrons. The van der Waals surface area contributed by atoms with Gasteiger partial charge in [-0.05, 0) is 19.3 Å². The first-order chi connectivity index (χ1) is 6.83. The Morgan fingerprint density at radius 1 is 1.47 bits per heavy atom. The second-order valence-electron chi connectivity index (χ2n) is 3.56. The van der Waals surface area contributed by atoms with Crippen molar-refractivity contribution in [3.63, 3.8) is 0 Å². The molecule has 0 fully saturated rings. The highest BCUT2D eigenvalue weighted by molar-refractivity contribution is 7.83. The number of carbonyl (C=O) groups excluding carboxylic acids is 1. The molecule has 3 N–H and O–H groups in total. The second kappa shape index (κ2) is 5.65. The first-order valence-corrected chi connectivity index (χ1v) is 4.90. The lowest BCUT2D eigenvalue weighted by atomic mass is 10.1. The van der Waals surface area contributed by atoms with Crippen molar-refractivity contribution >= 4 is 24.5 Å². The van der Waals surface area contributed by atoms with E-state index in [2.05, 4.69) is 23.3 Å². The van der Waals surface area contributed by atoms with Gasteiger partial charge in [-0.2, -0.15) is 0 Å². The van der Waals surface area contributed by atoms with Crippen molar-refractivity contribution in [2.24, 2.45) is 0 Å². The number of hydrogen-bond donors (Lipinski definition) is 4. The highest BCUT2D eigenvalue weighted by atomic mass is 32.1. The van der Waals surface area contributed by atoms with Gasteiger partial charge in [0, 0.05) is 12.7 Å². The van der Waals surface area contributed by atoms with E-state index in [4.69, 9.17) is 5.11 Å². The normalized spacial score (nSPS) is 12.1. The van der Waals surface area contributed by atoms with E-state index in [0.29, 0.717) is 5.70 Å². The van der Waals surface area contributed by atoms with Gasteiger partial charge in [0.25, 0.3) is 0 Å². The first-order valence-electron chi connectivity index (χ1n) is 4.39. The van der Waals surface area contributed by atoms with E-state index in [9.17, 15) is 9.59 Å². The molecular formula is C9H16N2O3S. The molecule has 6 heteroatoms. The number of amides is 1. The molecule has 0 unspecified atom stereocenters. The maximum atomic E-state index is 11.4. The number of carboxylic acid groups (broad SMARTS) is 1. The van der Waals surface area contributed by atoms with Gasteiger partial charge < -0.3 is 15.7 Å². The van der Waals surface area contributed by atoms with Crippen LogP contribution in [-0.2, 0) is 9.59 Å². The summed E-state index contributed by atoms with van der Waals surface area (Å²) in [7, 11) is 1.66. The standard InChI is InChI=1S/C9H16N2O3S/c1-9(2,8(13)14)11-7(12)4-6(5-15)10-3/h5,10,15H,4H2,1-3H3,(H,11,12)(H,13,14)/b6-5-. The minimum Gasteiger partial charge on any atom is -0.480 e. The van der Waals surface area contributed by atoms with E-state index in [1.54, 1.807) is 7.05 Å². The summed E-state index contributed by atoms with van der Waals surface area (Å²) in [4.78, 5) is 22.1. The number of nitrogens with one attached hydrogen (secondary N) is 2. The summed E-state index contributed by atoms with van der Waals surface area (Å²) >= 11 is 3.90. The Hall–Kier alpha value is -1.17. The van der Waals surface area contributed by atoms with Crippen LogP contribution in [0.4, 0.5) is 0 Å². The van der Waals surface area contributed by atoms with Crippen LogP contribution in [0.25, 0.3) is 0 Å². The monoisotopic (exact) mass is 232 g/mol. The molecule has 0 aromatic carbocycles. The highest BCUT2D eigenvalue weighted by Crippen LogP contribution is 2.04. The maximum Gasteiger partial charge on any atom is 0.328 e. The lowest BCUT2D eigenvalue weighted by Crippen LogP contribution is -2.49. The number of hydrogen-bond acceptors (Lipinski definition) is 4. The van der Waals surface area contributed by atoms with Gasteiger partial charge in [-0.15, -0.1) is 12.6 Å². The van der Waals surface area contributed by atoms with Crippen LogP contribution in [0.5, 0.6) is 0 Å². The van der Waals surface area contributed by atoms with Crippen molar-refractivity contribution < 1.29 is 14.7 Å². The molecule has 5 nitrogen and oxygen atoms in total. The molecule has 0 rings (SSSR count). The molecule has 0 aromatic rings. The van der Waals surface area contributed by atoms with Crippen LogP contribution in [0.3, 0.4) is 0 Å². The van der Waals surface area contributed by atoms with Crippen LogP contribution in [0, 0.1) is 0 Å². The summed E-state index contributed by atoms with van der Waals surface area (Å²) in [5.41, 5.74) is -0.635. The molecule has 0 atom stereocenters. The second-order valence-corrected chi connectivity index (χ2v) is 3.82. The van der Waals surface area contributed by atoms with E-state index < -0.39 is 11.5 Å². The Labute approximate surface area is 94.3 Å². The Morgan fingerprint density at radius 2 is 2.00 bits per heavy atom. The maximum absolute atomic E-state index is 11.4. The van der Waals surface area contributed by atoms with Gasteiger partial charge in [-0.1, -0.05) is 0 Å². The topological polar surface area (TPSA) is 78.4 Å². The van der Waals surface area contributed by atoms with Gasteiger partial charge >= 0.3 is 5.97 Å². The molecule has 0 saturated carbocycles. The minimum atomic E-state index is -1.26. The molecule has 0 saturated heterocycles. The van der Waals surface area contributed by atoms with Crippen LogP contribution < -0.4 is 10.6 Å². The minimum absolute atomic E-state index is 0.0801. The summed E-state index contributed by atoms with van der Waals surface area (Å²) in [5.74, 6) is -1.44. The Bertz CT molecular complexity index is 287. The Balaban J connectivity index is 4.33. The molecule has 0 heterocycles. The third-order valence-electron chi connectivity index (χ3n) is 1.81. The lowest BCUT2D eigenvalue weighted by Gasteiger charge is -2.21. The zero-order valence-corrected chi connectivity index (χ0v) is 9.89. The van der Waals surface area contributed by atoms with Crippen molar-refractivity contribution in [2.75, 3.05) is 7.05 Å². The zero-order valence-electron chi connectivity index (χ0n) is 9.00. The van der Waals surface area contributed by atoms with Crippen molar-refractivity contribution in [1.82, 2.24) is 10.6 Å². The van der Waals surface area contributed by atoms with Crippen LogP contribution in [0.2, 0.25) is 0 Å². The summed E-state index contributed by atoms with van der Waals surface area (Å²) in [5, 5.41) is 15.4. The number of rotatable bonds is 5. The van der Waals surface area contributed by atoms with Crippen LogP contribution >= 0.6 is 12.6 Å². The van der Waals surface area contributed by atoms with Gasteiger partial charge in [-0.3, -0.25) is 4.79 Å². The predicted octanol–water partition coefficient (Wildman–Crippen LogP) is 0.346. The molecule has 1 amide bonds. The van der Waals surface area contributed by atoms with Gasteiger partial charge in [0.1, 0.15) is 5.54 Å². The molecule has 0 radical (unpaired) electrons. The van der Waals surface area contributed by atoms with E-state index in [0.717, 1.165) is 0 Å². The van der Waals surface area contributed by atoms with Gasteiger partial charge in [0.05, 0.1) is 6.42 Å². The Morgan fingerprint density at radius 3 is 2.33 bits per heavy atom. The van der Waals surface area contributed by atoms with Crippen molar-refractivity contribution in [3.05, 3.63) is 11.1 Å². The molecule has 0 aliphatic carbocycles. The summed E-state index contributed by atoms with van der Waals surface area (Å²) < 4.78 is 0. The molecule has 0 aliphatic rings. The highest BCUT2D eigenvalue weighted by Gasteiger charge is 2.28. The Kier molecular flexibility index (Phi) is 5.21. The third-order valence-corrected chi connectivity index (χ3v) is 2.13. The van der Waals surface area contributed by atoms with Crippen molar-refractivity contribution in [3.8, 4) is 0 Å². The average molecular weight is 232 g/mol. The molecule has 0 spiro atoms. The molecule has 0 aromatic heterocycles. The molecule has 15 heavy (non-hydrogen) atoms. The van der Waals surface area contributed by atoms with E-state index in [1.165, 1.54) is 19.3 Å². The molecular weight excluding hydrogens is 216 g/mol. The van der Waals surface area contributed by atoms with Crippen LogP contribution in [0.1, 0.15) is 20.3 Å². The largest absolute Gasteiger partial charge is 0.480 e. The van der Waals surface area contributed by atoms with Gasteiger partial charge in [-0.25, -0.2) is 4.79 Å². The first kappa shape index (κ1) is 13.8. The smallest absolute Gasteiger partial charge is 0.328 e. The fourth-order valence-corrected chi connectivity index (χ4v) is 1.04. The average Bonchev–Trinajstić information content (AvgIpc) is 2.13. The van der Waals surface area contributed by atoms with E-state index in [-0.39, 0.29) is 12.3 Å². The van der Waals surface area contributed by atoms with Crippen LogP contribution in [-0.4, -0.2) is 29.6 Å². The van der Waals surface area contributed by atoms with E-state index >= 15 is 0 Å². The summed E-state index contributed by atoms with van der Waals surface area (Å²) in [6.07, 6.45) is 0.0801. The van der Waals surface area contributed by atoms with Crippen LogP contribution in [0.15, 0.2) is 11.1 Å². The fourth-order valence-electron chi connectivity index (χ4n) is 0.818. The third kappa shape index (κ3) is 4.73. The predicted molar refractivity (Wildman–Crippen MR) is 60.6 cm³/mol. The zero-order chi connectivity index (χ0) is 12.1. The quantitative estimate of drug-likeness (QED) is 0.516. The SMILES string of the molecule is CN/C(=C\S)CC(=O)NC(C)(C)C(=O)O. The lowest BCUT2D eigenvalue weighted by molar-refractivity contribution is -0.145.